The Balaban J connectivity index is 0.00000208. The molecule has 2 fully saturated rings. The van der Waals surface area contributed by atoms with Gasteiger partial charge in [0.05, 0.1) is 0 Å². The van der Waals surface area contributed by atoms with E-state index >= 15 is 0 Å². The maximum Gasteiger partial charge on any atom is 0.253 e. The second-order valence-corrected chi connectivity index (χ2v) is 6.13. The van der Waals surface area contributed by atoms with Crippen molar-refractivity contribution in [3.63, 3.8) is 0 Å². The summed E-state index contributed by atoms with van der Waals surface area (Å²) in [5, 5.41) is 6.10. The predicted molar refractivity (Wildman–Crippen MR) is 94.7 cm³/mol. The molecule has 1 aromatic carbocycles. The van der Waals surface area contributed by atoms with E-state index in [4.69, 9.17) is 4.74 Å². The molecule has 2 aliphatic rings. The summed E-state index contributed by atoms with van der Waals surface area (Å²) in [6, 6.07) is 7.32. The number of rotatable bonds is 4. The fourth-order valence-corrected chi connectivity index (χ4v) is 3.08. The highest BCUT2D eigenvalue weighted by Gasteiger charge is 2.25. The Morgan fingerprint density at radius 1 is 1.33 bits per heavy atom. The molecule has 0 spiro atoms. The first-order chi connectivity index (χ1) is 11.1. The van der Waals surface area contributed by atoms with Gasteiger partial charge in [0.15, 0.2) is 0 Å². The standard InChI is InChI=1S/C17H23N3O3.ClH/c1-20(14-7-8-18-11-14)17(22)12-4-2-5-13(10-12)19-16(21)15-6-3-9-23-15;/h2,4-5,10,14-15,18H,3,6-9,11H2,1H3,(H,19,21);1H. The van der Waals surface area contributed by atoms with Gasteiger partial charge in [-0.05, 0) is 44.0 Å². The normalized spacial score (nSPS) is 22.7. The van der Waals surface area contributed by atoms with Crippen molar-refractivity contribution < 1.29 is 14.3 Å². The van der Waals surface area contributed by atoms with E-state index in [9.17, 15) is 9.59 Å². The zero-order valence-corrected chi connectivity index (χ0v) is 14.6. The molecule has 2 atom stereocenters. The lowest BCUT2D eigenvalue weighted by molar-refractivity contribution is -0.124. The summed E-state index contributed by atoms with van der Waals surface area (Å²) >= 11 is 0. The summed E-state index contributed by atoms with van der Waals surface area (Å²) in [5.74, 6) is -0.160. The van der Waals surface area contributed by atoms with Crippen molar-refractivity contribution in [1.29, 1.82) is 0 Å². The fourth-order valence-electron chi connectivity index (χ4n) is 3.08. The highest BCUT2D eigenvalue weighted by atomic mass is 35.5. The van der Waals surface area contributed by atoms with Crippen molar-refractivity contribution in [3.8, 4) is 0 Å². The fraction of sp³-hybridized carbons (Fsp3) is 0.529. The predicted octanol–water partition coefficient (Wildman–Crippen LogP) is 1.66. The van der Waals surface area contributed by atoms with Crippen LogP contribution in [0.25, 0.3) is 0 Å². The van der Waals surface area contributed by atoms with Crippen LogP contribution in [-0.2, 0) is 9.53 Å². The summed E-state index contributed by atoms with van der Waals surface area (Å²) in [6.45, 7) is 2.41. The lowest BCUT2D eigenvalue weighted by Crippen LogP contribution is -2.38. The average Bonchev–Trinajstić information content (AvgIpc) is 3.26. The number of anilines is 1. The van der Waals surface area contributed by atoms with E-state index in [0.717, 1.165) is 32.4 Å². The van der Waals surface area contributed by atoms with Crippen molar-refractivity contribution in [1.82, 2.24) is 10.2 Å². The minimum absolute atomic E-state index is 0. The third kappa shape index (κ3) is 4.26. The molecule has 2 aliphatic heterocycles. The number of halogens is 1. The maximum atomic E-state index is 12.6. The van der Waals surface area contributed by atoms with Gasteiger partial charge >= 0.3 is 0 Å². The molecule has 0 bridgehead atoms. The van der Waals surface area contributed by atoms with Crippen LogP contribution in [0.1, 0.15) is 29.6 Å². The van der Waals surface area contributed by atoms with Crippen LogP contribution >= 0.6 is 12.4 Å². The number of benzene rings is 1. The number of nitrogens with one attached hydrogen (secondary N) is 2. The van der Waals surface area contributed by atoms with E-state index in [0.29, 0.717) is 17.9 Å². The van der Waals surface area contributed by atoms with Crippen LogP contribution in [0.2, 0.25) is 0 Å². The van der Waals surface area contributed by atoms with Crippen molar-refractivity contribution in [2.45, 2.75) is 31.4 Å². The van der Waals surface area contributed by atoms with Crippen molar-refractivity contribution in [3.05, 3.63) is 29.8 Å². The molecule has 2 heterocycles. The topological polar surface area (TPSA) is 70.7 Å². The van der Waals surface area contributed by atoms with Crippen LogP contribution in [0.3, 0.4) is 0 Å². The molecule has 0 aromatic heterocycles. The van der Waals surface area contributed by atoms with Gasteiger partial charge in [-0.15, -0.1) is 12.4 Å². The number of amides is 2. The first-order valence-electron chi connectivity index (χ1n) is 8.15. The van der Waals surface area contributed by atoms with E-state index in [1.165, 1.54) is 0 Å². The highest BCUT2D eigenvalue weighted by Crippen LogP contribution is 2.18. The second kappa shape index (κ2) is 8.46. The molecule has 132 valence electrons. The summed E-state index contributed by atoms with van der Waals surface area (Å²) in [5.41, 5.74) is 1.22. The molecule has 2 saturated heterocycles. The van der Waals surface area contributed by atoms with E-state index in [1.54, 1.807) is 29.2 Å². The molecular formula is C17H24ClN3O3. The van der Waals surface area contributed by atoms with E-state index < -0.39 is 0 Å². The van der Waals surface area contributed by atoms with Crippen molar-refractivity contribution in [2.75, 3.05) is 32.1 Å². The molecule has 0 saturated carbocycles. The van der Waals surface area contributed by atoms with Gasteiger partial charge in [-0.25, -0.2) is 0 Å². The van der Waals surface area contributed by atoms with Gasteiger partial charge in [0.25, 0.3) is 11.8 Å². The van der Waals surface area contributed by atoms with Crippen molar-refractivity contribution in [2.24, 2.45) is 0 Å². The van der Waals surface area contributed by atoms with E-state index in [2.05, 4.69) is 10.6 Å². The first kappa shape index (κ1) is 18.7. The van der Waals surface area contributed by atoms with Crippen LogP contribution in [0.5, 0.6) is 0 Å². The van der Waals surface area contributed by atoms with Crippen LogP contribution < -0.4 is 10.6 Å². The van der Waals surface area contributed by atoms with Crippen LogP contribution in [0.15, 0.2) is 24.3 Å². The minimum Gasteiger partial charge on any atom is -0.368 e. The molecule has 6 nitrogen and oxygen atoms in total. The number of carbonyl (C=O) groups excluding carboxylic acids is 2. The first-order valence-corrected chi connectivity index (χ1v) is 8.15. The lowest BCUT2D eigenvalue weighted by atomic mass is 10.1. The summed E-state index contributed by atoms with van der Waals surface area (Å²) in [7, 11) is 1.83. The van der Waals surface area contributed by atoms with Gasteiger partial charge in [-0.3, -0.25) is 9.59 Å². The summed E-state index contributed by atoms with van der Waals surface area (Å²) in [4.78, 5) is 26.5. The number of ether oxygens (including phenoxy) is 1. The third-order valence-corrected chi connectivity index (χ3v) is 4.50. The molecule has 3 rings (SSSR count). The number of hydrogen-bond acceptors (Lipinski definition) is 4. The van der Waals surface area contributed by atoms with Crippen LogP contribution in [-0.4, -0.2) is 55.6 Å². The largest absolute Gasteiger partial charge is 0.368 e. The van der Waals surface area contributed by atoms with Gasteiger partial charge < -0.3 is 20.3 Å². The smallest absolute Gasteiger partial charge is 0.253 e. The third-order valence-electron chi connectivity index (χ3n) is 4.50. The van der Waals surface area contributed by atoms with Crippen molar-refractivity contribution >= 4 is 29.9 Å². The quantitative estimate of drug-likeness (QED) is 0.863. The molecule has 7 heteroatoms. The monoisotopic (exact) mass is 353 g/mol. The van der Waals surface area contributed by atoms with Crippen LogP contribution in [0, 0.1) is 0 Å². The van der Waals surface area contributed by atoms with Crippen LogP contribution in [0.4, 0.5) is 5.69 Å². The molecule has 0 aliphatic carbocycles. The Bertz CT molecular complexity index is 584. The van der Waals surface area contributed by atoms with Gasteiger partial charge in [0.2, 0.25) is 0 Å². The zero-order valence-electron chi connectivity index (χ0n) is 13.8. The Morgan fingerprint density at radius 3 is 2.83 bits per heavy atom. The SMILES string of the molecule is CN(C(=O)c1cccc(NC(=O)C2CCCO2)c1)C1CCNC1.Cl. The molecule has 24 heavy (non-hydrogen) atoms. The van der Waals surface area contributed by atoms with E-state index in [-0.39, 0.29) is 36.4 Å². The van der Waals surface area contributed by atoms with E-state index in [1.807, 2.05) is 7.05 Å². The number of carbonyl (C=O) groups is 2. The Morgan fingerprint density at radius 2 is 2.17 bits per heavy atom. The number of likely N-dealkylation sites (N-methyl/N-ethyl adjacent to an activating group) is 1. The Kier molecular flexibility index (Phi) is 6.60. The minimum atomic E-state index is -0.374. The van der Waals surface area contributed by atoms with Gasteiger partial charge in [-0.2, -0.15) is 0 Å². The average molecular weight is 354 g/mol. The number of nitrogens with zero attached hydrogens (tertiary/aromatic N) is 1. The Labute approximate surface area is 148 Å². The van der Waals surface area contributed by atoms with Gasteiger partial charge in [0.1, 0.15) is 6.10 Å². The molecule has 2 amide bonds. The molecule has 2 unspecified atom stereocenters. The molecular weight excluding hydrogens is 330 g/mol. The van der Waals surface area contributed by atoms with Gasteiger partial charge in [-0.1, -0.05) is 6.07 Å². The highest BCUT2D eigenvalue weighted by molar-refractivity contribution is 5.98. The summed E-state index contributed by atoms with van der Waals surface area (Å²) < 4.78 is 5.38. The number of hydrogen-bond donors (Lipinski definition) is 2. The molecule has 1 aromatic rings. The maximum absolute atomic E-state index is 12.6. The summed E-state index contributed by atoms with van der Waals surface area (Å²) in [6.07, 6.45) is 2.26. The zero-order chi connectivity index (χ0) is 16.2. The molecule has 0 radical (unpaired) electrons. The van der Waals surface area contributed by atoms with Gasteiger partial charge in [0, 0.05) is 37.5 Å². The lowest BCUT2D eigenvalue weighted by Gasteiger charge is -2.24. The molecule has 2 N–H and O–H groups in total. The second-order valence-electron chi connectivity index (χ2n) is 6.13. The Hall–Kier alpha value is -1.63.